The molecule has 1 N–H and O–H groups in total. The highest BCUT2D eigenvalue weighted by Gasteiger charge is 2.27. The number of para-hydroxylation sites is 1. The zero-order valence-electron chi connectivity index (χ0n) is 16.8. The van der Waals surface area contributed by atoms with Crippen LogP contribution in [0.1, 0.15) is 26.7 Å². The van der Waals surface area contributed by atoms with Crippen LogP contribution in [0.5, 0.6) is 0 Å². The Morgan fingerprint density at radius 3 is 2.61 bits per heavy atom. The van der Waals surface area contributed by atoms with Crippen LogP contribution in [0.4, 0.5) is 5.13 Å². The number of nitrogens with zero attached hydrogens (tertiary/aromatic N) is 3. The van der Waals surface area contributed by atoms with Crippen LogP contribution in [-0.2, 0) is 9.53 Å². The predicted octanol–water partition coefficient (Wildman–Crippen LogP) is 3.06. The molecular weight excluding hydrogens is 372 g/mol. The molecule has 7 heteroatoms. The highest BCUT2D eigenvalue weighted by atomic mass is 32.1. The zero-order chi connectivity index (χ0) is 19.5. The van der Waals surface area contributed by atoms with Crippen molar-refractivity contribution in [1.82, 2.24) is 14.8 Å². The Kier molecular flexibility index (Phi) is 6.25. The molecule has 2 atom stereocenters. The summed E-state index contributed by atoms with van der Waals surface area (Å²) in [5, 5.41) is 3.66. The number of carbonyl (C=O) groups excluding carboxylic acids is 1. The lowest BCUT2D eigenvalue weighted by molar-refractivity contribution is -0.117. The molecule has 1 aromatic carbocycles. The van der Waals surface area contributed by atoms with E-state index >= 15 is 0 Å². The fourth-order valence-electron chi connectivity index (χ4n) is 4.41. The first-order valence-corrected chi connectivity index (χ1v) is 11.1. The Balaban J connectivity index is 1.21. The fourth-order valence-corrected chi connectivity index (χ4v) is 5.30. The van der Waals surface area contributed by atoms with E-state index in [-0.39, 0.29) is 5.91 Å². The molecule has 28 heavy (non-hydrogen) atoms. The lowest BCUT2D eigenvalue weighted by Gasteiger charge is -2.39. The van der Waals surface area contributed by atoms with Crippen molar-refractivity contribution in [2.45, 2.75) is 38.9 Å². The Morgan fingerprint density at radius 1 is 1.18 bits per heavy atom. The van der Waals surface area contributed by atoms with Crippen molar-refractivity contribution in [3.8, 4) is 0 Å². The van der Waals surface area contributed by atoms with Gasteiger partial charge < -0.3 is 10.1 Å². The van der Waals surface area contributed by atoms with Gasteiger partial charge in [0.25, 0.3) is 0 Å². The number of nitrogens with one attached hydrogen (secondary N) is 1. The van der Waals surface area contributed by atoms with Gasteiger partial charge in [-0.3, -0.25) is 14.6 Å². The van der Waals surface area contributed by atoms with Gasteiger partial charge in [-0.2, -0.15) is 0 Å². The van der Waals surface area contributed by atoms with Gasteiger partial charge in [-0.05, 0) is 57.8 Å². The number of piperidine rings is 1. The summed E-state index contributed by atoms with van der Waals surface area (Å²) in [4.78, 5) is 21.7. The number of rotatable bonds is 5. The van der Waals surface area contributed by atoms with E-state index in [1.165, 1.54) is 11.3 Å². The number of ether oxygens (including phenoxy) is 1. The van der Waals surface area contributed by atoms with Gasteiger partial charge in [0.2, 0.25) is 5.91 Å². The monoisotopic (exact) mass is 402 g/mol. The van der Waals surface area contributed by atoms with Gasteiger partial charge in [0.05, 0.1) is 29.0 Å². The average Bonchev–Trinajstić information content (AvgIpc) is 3.04. The number of thiazole rings is 1. The van der Waals surface area contributed by atoms with E-state index in [1.807, 2.05) is 24.3 Å². The maximum Gasteiger partial charge on any atom is 0.240 e. The molecule has 0 bridgehead atoms. The molecule has 0 aliphatic carbocycles. The summed E-state index contributed by atoms with van der Waals surface area (Å²) < 4.78 is 6.94. The number of amides is 1. The van der Waals surface area contributed by atoms with Crippen molar-refractivity contribution >= 4 is 32.6 Å². The van der Waals surface area contributed by atoms with E-state index in [2.05, 4.69) is 33.9 Å². The summed E-state index contributed by atoms with van der Waals surface area (Å²) in [6, 6.07) is 7.97. The quantitative estimate of drug-likeness (QED) is 0.833. The molecule has 1 aromatic heterocycles. The van der Waals surface area contributed by atoms with Crippen molar-refractivity contribution < 1.29 is 9.53 Å². The van der Waals surface area contributed by atoms with E-state index in [0.717, 1.165) is 61.7 Å². The molecule has 3 heterocycles. The van der Waals surface area contributed by atoms with Crippen LogP contribution < -0.4 is 5.32 Å². The molecule has 0 saturated carbocycles. The molecule has 1 amide bonds. The number of morpholine rings is 1. The Labute approximate surface area is 170 Å². The molecule has 6 nitrogen and oxygen atoms in total. The van der Waals surface area contributed by atoms with Crippen LogP contribution in [0.25, 0.3) is 10.2 Å². The van der Waals surface area contributed by atoms with Crippen molar-refractivity contribution in [1.29, 1.82) is 0 Å². The largest absolute Gasteiger partial charge is 0.373 e. The fraction of sp³-hybridized carbons (Fsp3) is 0.619. The van der Waals surface area contributed by atoms with E-state index in [1.54, 1.807) is 0 Å². The van der Waals surface area contributed by atoms with Crippen molar-refractivity contribution in [3.63, 3.8) is 0 Å². The van der Waals surface area contributed by atoms with Crippen LogP contribution >= 0.6 is 11.3 Å². The Morgan fingerprint density at radius 2 is 1.89 bits per heavy atom. The molecule has 2 unspecified atom stereocenters. The SMILES string of the molecule is CC1CN(CC2CCN(CC(=O)Nc3nc4ccccc4s3)CC2)CC(C)O1. The number of likely N-dealkylation sites (tertiary alicyclic amines) is 1. The second kappa shape index (κ2) is 8.86. The number of aromatic nitrogens is 1. The second-order valence-electron chi connectivity index (χ2n) is 8.23. The number of fused-ring (bicyclic) bond motifs is 1. The van der Waals surface area contributed by atoms with Gasteiger partial charge >= 0.3 is 0 Å². The molecule has 0 spiro atoms. The highest BCUT2D eigenvalue weighted by Crippen LogP contribution is 2.25. The van der Waals surface area contributed by atoms with Crippen LogP contribution in [-0.4, -0.2) is 72.2 Å². The molecule has 152 valence electrons. The third-order valence-electron chi connectivity index (χ3n) is 5.63. The maximum absolute atomic E-state index is 12.4. The third kappa shape index (κ3) is 5.08. The van der Waals surface area contributed by atoms with Crippen LogP contribution in [0.15, 0.2) is 24.3 Å². The lowest BCUT2D eigenvalue weighted by Crippen LogP contribution is -2.48. The van der Waals surface area contributed by atoms with Gasteiger partial charge in [0.1, 0.15) is 0 Å². The Hall–Kier alpha value is -1.54. The molecule has 2 aliphatic rings. The molecule has 4 rings (SSSR count). The number of anilines is 1. The maximum atomic E-state index is 12.4. The Bertz CT molecular complexity index is 760. The van der Waals surface area contributed by atoms with Crippen LogP contribution in [0, 0.1) is 5.92 Å². The van der Waals surface area contributed by atoms with Crippen molar-refractivity contribution in [3.05, 3.63) is 24.3 Å². The lowest BCUT2D eigenvalue weighted by atomic mass is 9.95. The average molecular weight is 403 g/mol. The van der Waals surface area contributed by atoms with E-state index in [4.69, 9.17) is 4.74 Å². The summed E-state index contributed by atoms with van der Waals surface area (Å²) in [6.07, 6.45) is 2.98. The van der Waals surface area contributed by atoms with E-state index in [9.17, 15) is 4.79 Å². The smallest absolute Gasteiger partial charge is 0.240 e. The van der Waals surface area contributed by atoms with Crippen molar-refractivity contribution in [2.24, 2.45) is 5.92 Å². The molecule has 2 saturated heterocycles. The second-order valence-corrected chi connectivity index (χ2v) is 9.26. The number of carbonyl (C=O) groups is 1. The van der Waals surface area contributed by atoms with Gasteiger partial charge in [0.15, 0.2) is 5.13 Å². The number of benzene rings is 1. The summed E-state index contributed by atoms with van der Waals surface area (Å²) in [7, 11) is 0. The van der Waals surface area contributed by atoms with E-state index in [0.29, 0.717) is 23.9 Å². The topological polar surface area (TPSA) is 57.7 Å². The van der Waals surface area contributed by atoms with Crippen molar-refractivity contribution in [2.75, 3.05) is 44.6 Å². The first-order valence-electron chi connectivity index (χ1n) is 10.3. The van der Waals surface area contributed by atoms with Gasteiger partial charge in [0, 0.05) is 19.6 Å². The van der Waals surface area contributed by atoms with Crippen LogP contribution in [0.3, 0.4) is 0 Å². The summed E-state index contributed by atoms with van der Waals surface area (Å²) in [5.74, 6) is 0.759. The summed E-state index contributed by atoms with van der Waals surface area (Å²) in [5.41, 5.74) is 0.940. The predicted molar refractivity (Wildman–Crippen MR) is 114 cm³/mol. The molecular formula is C21H30N4O2S. The molecule has 2 fully saturated rings. The molecule has 2 aliphatic heterocycles. The summed E-state index contributed by atoms with van der Waals surface area (Å²) in [6.45, 7) is 9.99. The standard InChI is InChI=1S/C21H30N4O2S/c1-15-11-25(12-16(2)27-15)13-17-7-9-24(10-8-17)14-20(26)23-21-22-18-5-3-4-6-19(18)28-21/h3-6,15-17H,7-14H2,1-2H3,(H,22,23,26). The first kappa shape index (κ1) is 19.8. The normalized spacial score (nSPS) is 25.2. The van der Waals surface area contributed by atoms with Gasteiger partial charge in [-0.15, -0.1) is 0 Å². The first-order chi connectivity index (χ1) is 13.5. The van der Waals surface area contributed by atoms with E-state index < -0.39 is 0 Å². The minimum Gasteiger partial charge on any atom is -0.373 e. The number of hydrogen-bond acceptors (Lipinski definition) is 6. The molecule has 2 aromatic rings. The number of hydrogen-bond donors (Lipinski definition) is 1. The summed E-state index contributed by atoms with van der Waals surface area (Å²) >= 11 is 1.53. The zero-order valence-corrected chi connectivity index (χ0v) is 17.6. The van der Waals surface area contributed by atoms with Gasteiger partial charge in [-0.25, -0.2) is 4.98 Å². The minimum absolute atomic E-state index is 0.0355. The third-order valence-corrected chi connectivity index (χ3v) is 6.58. The van der Waals surface area contributed by atoms with Crippen LogP contribution in [0.2, 0.25) is 0 Å². The molecule has 0 radical (unpaired) electrons. The van der Waals surface area contributed by atoms with Gasteiger partial charge in [-0.1, -0.05) is 23.5 Å². The highest BCUT2D eigenvalue weighted by molar-refractivity contribution is 7.22. The minimum atomic E-state index is 0.0355.